The molecule has 0 saturated carbocycles. The molecule has 2 heterocycles. The zero-order valence-electron chi connectivity index (χ0n) is 10.7. The number of rotatable bonds is 5. The average Bonchev–Trinajstić information content (AvgIpc) is 3.11. The van der Waals surface area contributed by atoms with Crippen LogP contribution in [0.3, 0.4) is 0 Å². The van der Waals surface area contributed by atoms with Crippen molar-refractivity contribution < 1.29 is 4.52 Å². The molecule has 20 heavy (non-hydrogen) atoms. The number of halogens is 1. The highest BCUT2D eigenvalue weighted by atomic mass is 79.9. The molecule has 0 atom stereocenters. The van der Waals surface area contributed by atoms with Crippen molar-refractivity contribution in [2.75, 3.05) is 5.33 Å². The van der Waals surface area contributed by atoms with Gasteiger partial charge >= 0.3 is 0 Å². The summed E-state index contributed by atoms with van der Waals surface area (Å²) in [4.78, 5) is 0. The van der Waals surface area contributed by atoms with Crippen molar-refractivity contribution in [1.29, 1.82) is 0 Å². The van der Waals surface area contributed by atoms with Gasteiger partial charge in [0.1, 0.15) is 12.2 Å². The second-order valence-electron chi connectivity index (χ2n) is 4.39. The Kier molecular flexibility index (Phi) is 3.92. The van der Waals surface area contributed by atoms with Gasteiger partial charge in [-0.3, -0.25) is 0 Å². The van der Waals surface area contributed by atoms with Crippen LogP contribution in [0.4, 0.5) is 0 Å². The van der Waals surface area contributed by atoms with E-state index in [4.69, 9.17) is 4.52 Å². The summed E-state index contributed by atoms with van der Waals surface area (Å²) in [5.41, 5.74) is 2.84. The van der Waals surface area contributed by atoms with Crippen molar-refractivity contribution in [2.45, 2.75) is 13.0 Å². The molecule has 0 aliphatic carbocycles. The molecule has 0 N–H and O–H groups in total. The molecule has 0 spiro atoms. The molecule has 0 amide bonds. The first-order valence-electron chi connectivity index (χ1n) is 6.31. The highest BCUT2D eigenvalue weighted by Gasteiger charge is 2.08. The Labute approximate surface area is 124 Å². The highest BCUT2D eigenvalue weighted by Crippen LogP contribution is 2.18. The van der Waals surface area contributed by atoms with Gasteiger partial charge in [-0.1, -0.05) is 56.6 Å². The largest absolute Gasteiger partial charge is 0.359 e. The lowest BCUT2D eigenvalue weighted by atomic mass is 10.1. The zero-order chi connectivity index (χ0) is 13.8. The molecule has 2 aromatic heterocycles. The van der Waals surface area contributed by atoms with E-state index in [1.807, 2.05) is 42.6 Å². The minimum absolute atomic E-state index is 0.537. The third-order valence-corrected chi connectivity index (χ3v) is 3.28. The van der Waals surface area contributed by atoms with E-state index in [1.165, 1.54) is 0 Å². The second kappa shape index (κ2) is 6.00. The summed E-state index contributed by atoms with van der Waals surface area (Å²) in [6.07, 6.45) is 2.79. The smallest absolute Gasteiger partial charge is 0.158 e. The standard InChI is InChI=1S/C14H13BrN4O/c15-7-6-12-9-19(18-16-12)10-13-8-14(17-20-13)11-4-2-1-3-5-11/h1-5,8-9H,6-7,10H2. The lowest BCUT2D eigenvalue weighted by molar-refractivity contribution is 0.372. The maximum Gasteiger partial charge on any atom is 0.158 e. The van der Waals surface area contributed by atoms with Gasteiger partial charge in [-0.2, -0.15) is 0 Å². The van der Waals surface area contributed by atoms with Crippen molar-refractivity contribution in [1.82, 2.24) is 20.2 Å². The Hall–Kier alpha value is -1.95. The van der Waals surface area contributed by atoms with Crippen LogP contribution >= 0.6 is 15.9 Å². The van der Waals surface area contributed by atoms with Crippen LogP contribution in [-0.2, 0) is 13.0 Å². The highest BCUT2D eigenvalue weighted by molar-refractivity contribution is 9.09. The molecule has 0 radical (unpaired) electrons. The van der Waals surface area contributed by atoms with Crippen LogP contribution in [0.15, 0.2) is 47.1 Å². The maximum absolute atomic E-state index is 5.34. The third-order valence-electron chi connectivity index (χ3n) is 2.88. The van der Waals surface area contributed by atoms with Gasteiger partial charge in [-0.15, -0.1) is 5.10 Å². The molecule has 0 saturated heterocycles. The van der Waals surface area contributed by atoms with E-state index in [0.717, 1.165) is 34.5 Å². The lowest BCUT2D eigenvalue weighted by Crippen LogP contribution is -1.98. The Balaban J connectivity index is 1.73. The van der Waals surface area contributed by atoms with Crippen LogP contribution < -0.4 is 0 Å². The van der Waals surface area contributed by atoms with Crippen LogP contribution in [0.25, 0.3) is 11.3 Å². The van der Waals surface area contributed by atoms with Crippen LogP contribution in [0, 0.1) is 0 Å². The fourth-order valence-electron chi connectivity index (χ4n) is 1.92. The van der Waals surface area contributed by atoms with Gasteiger partial charge in [0, 0.05) is 29.6 Å². The molecule has 0 unspecified atom stereocenters. The molecule has 6 heteroatoms. The van der Waals surface area contributed by atoms with E-state index in [0.29, 0.717) is 6.54 Å². The third kappa shape index (κ3) is 2.96. The molecular weight excluding hydrogens is 320 g/mol. The van der Waals surface area contributed by atoms with E-state index in [-0.39, 0.29) is 0 Å². The van der Waals surface area contributed by atoms with Crippen molar-refractivity contribution in [3.63, 3.8) is 0 Å². The second-order valence-corrected chi connectivity index (χ2v) is 5.18. The molecular formula is C14H13BrN4O. The molecule has 102 valence electrons. The lowest BCUT2D eigenvalue weighted by Gasteiger charge is -1.93. The van der Waals surface area contributed by atoms with Crippen molar-refractivity contribution >= 4 is 15.9 Å². The van der Waals surface area contributed by atoms with Crippen molar-refractivity contribution in [3.8, 4) is 11.3 Å². The van der Waals surface area contributed by atoms with Gasteiger partial charge in [0.25, 0.3) is 0 Å². The Morgan fingerprint density at radius 2 is 2.05 bits per heavy atom. The topological polar surface area (TPSA) is 56.7 Å². The summed E-state index contributed by atoms with van der Waals surface area (Å²) in [6, 6.07) is 11.9. The maximum atomic E-state index is 5.34. The normalized spacial score (nSPS) is 10.8. The molecule has 1 aromatic carbocycles. The van der Waals surface area contributed by atoms with E-state index in [1.54, 1.807) is 4.68 Å². The van der Waals surface area contributed by atoms with Crippen LogP contribution in [0.5, 0.6) is 0 Å². The van der Waals surface area contributed by atoms with Gasteiger partial charge < -0.3 is 4.52 Å². The fraction of sp³-hybridized carbons (Fsp3) is 0.214. The van der Waals surface area contributed by atoms with Crippen molar-refractivity contribution in [3.05, 3.63) is 54.0 Å². The molecule has 3 aromatic rings. The molecule has 3 rings (SSSR count). The number of benzene rings is 1. The SMILES string of the molecule is BrCCc1cn(Cc2cc(-c3ccccc3)no2)nn1. The Morgan fingerprint density at radius 1 is 1.20 bits per heavy atom. The fourth-order valence-corrected chi connectivity index (χ4v) is 2.33. The zero-order valence-corrected chi connectivity index (χ0v) is 12.3. The molecule has 0 bridgehead atoms. The molecule has 0 aliphatic rings. The van der Waals surface area contributed by atoms with E-state index in [2.05, 4.69) is 31.4 Å². The Morgan fingerprint density at radius 3 is 2.85 bits per heavy atom. The minimum atomic E-state index is 0.537. The number of hydrogen-bond donors (Lipinski definition) is 0. The number of alkyl halides is 1. The van der Waals surface area contributed by atoms with E-state index >= 15 is 0 Å². The number of aryl methyl sites for hydroxylation is 1. The Bertz CT molecular complexity index is 677. The number of nitrogens with zero attached hydrogens (tertiary/aromatic N) is 4. The van der Waals surface area contributed by atoms with Crippen LogP contribution in [0.2, 0.25) is 0 Å². The number of hydrogen-bond acceptors (Lipinski definition) is 4. The minimum Gasteiger partial charge on any atom is -0.359 e. The monoisotopic (exact) mass is 332 g/mol. The predicted octanol–water partition coefficient (Wildman–Crippen LogP) is 2.92. The summed E-state index contributed by atoms with van der Waals surface area (Å²) in [6.45, 7) is 0.537. The quantitative estimate of drug-likeness (QED) is 0.674. The molecule has 5 nitrogen and oxygen atoms in total. The molecule has 0 aliphatic heterocycles. The first kappa shape index (κ1) is 13.1. The van der Waals surface area contributed by atoms with Gasteiger partial charge in [0.05, 0.1) is 5.69 Å². The average molecular weight is 333 g/mol. The van der Waals surface area contributed by atoms with Gasteiger partial charge in [0.15, 0.2) is 5.76 Å². The summed E-state index contributed by atoms with van der Waals surface area (Å²) in [5, 5.41) is 13.1. The van der Waals surface area contributed by atoms with Gasteiger partial charge in [-0.25, -0.2) is 4.68 Å². The predicted molar refractivity (Wildman–Crippen MR) is 78.6 cm³/mol. The van der Waals surface area contributed by atoms with Crippen molar-refractivity contribution in [2.24, 2.45) is 0 Å². The van der Waals surface area contributed by atoms with E-state index < -0.39 is 0 Å². The first-order chi connectivity index (χ1) is 9.85. The summed E-state index contributed by atoms with van der Waals surface area (Å²) >= 11 is 3.39. The summed E-state index contributed by atoms with van der Waals surface area (Å²) in [7, 11) is 0. The van der Waals surface area contributed by atoms with Crippen LogP contribution in [-0.4, -0.2) is 25.5 Å². The van der Waals surface area contributed by atoms with E-state index in [9.17, 15) is 0 Å². The molecule has 0 fully saturated rings. The van der Waals surface area contributed by atoms with Crippen LogP contribution in [0.1, 0.15) is 11.5 Å². The summed E-state index contributed by atoms with van der Waals surface area (Å²) < 4.78 is 7.10. The van der Waals surface area contributed by atoms with Gasteiger partial charge in [0.2, 0.25) is 0 Å². The van der Waals surface area contributed by atoms with Gasteiger partial charge in [-0.05, 0) is 0 Å². The first-order valence-corrected chi connectivity index (χ1v) is 7.43. The summed E-state index contributed by atoms with van der Waals surface area (Å²) in [5.74, 6) is 0.763. The number of aromatic nitrogens is 4.